The molecular weight excluding hydrogens is 436 g/mol. The Morgan fingerprint density at radius 2 is 1.83 bits per heavy atom. The molecule has 0 saturated carbocycles. The summed E-state index contributed by atoms with van der Waals surface area (Å²) in [5.41, 5.74) is 1.14. The highest BCUT2D eigenvalue weighted by Gasteiger charge is 2.18. The normalized spacial score (nSPS) is 10.6. The zero-order valence-corrected chi connectivity index (χ0v) is 17.7. The molecule has 0 spiro atoms. The van der Waals surface area contributed by atoms with Crippen LogP contribution in [0.5, 0.6) is 5.75 Å². The third-order valence-corrected chi connectivity index (χ3v) is 4.47. The summed E-state index contributed by atoms with van der Waals surface area (Å²) < 4.78 is 11.7. The molecule has 150 valence electrons. The molecule has 1 heterocycles. The van der Waals surface area contributed by atoms with Crippen molar-refractivity contribution >= 4 is 33.4 Å². The van der Waals surface area contributed by atoms with Crippen LogP contribution in [-0.2, 0) is 6.54 Å². The van der Waals surface area contributed by atoms with E-state index in [1.165, 1.54) is 0 Å². The summed E-state index contributed by atoms with van der Waals surface area (Å²) in [7, 11) is 0. The molecule has 0 bridgehead atoms. The first-order chi connectivity index (χ1) is 13.9. The second-order valence-corrected chi connectivity index (χ2v) is 7.48. The van der Waals surface area contributed by atoms with Gasteiger partial charge in [0.1, 0.15) is 11.5 Å². The minimum atomic E-state index is -0.367. The zero-order chi connectivity index (χ0) is 20.8. The summed E-state index contributed by atoms with van der Waals surface area (Å²) in [4.78, 5) is 25.5. The molecule has 6 nitrogen and oxygen atoms in total. The van der Waals surface area contributed by atoms with Crippen molar-refractivity contribution in [2.75, 3.05) is 5.32 Å². The molecule has 1 aromatic heterocycles. The number of para-hydroxylation sites is 1. The van der Waals surface area contributed by atoms with E-state index >= 15 is 0 Å². The number of rotatable bonds is 7. The van der Waals surface area contributed by atoms with Crippen LogP contribution in [0.2, 0.25) is 0 Å². The van der Waals surface area contributed by atoms with E-state index in [2.05, 4.69) is 26.6 Å². The smallest absolute Gasteiger partial charge is 0.259 e. The molecule has 0 unspecified atom stereocenters. The largest absolute Gasteiger partial charge is 0.490 e. The zero-order valence-electron chi connectivity index (χ0n) is 16.1. The third kappa shape index (κ3) is 5.48. The van der Waals surface area contributed by atoms with Gasteiger partial charge in [0.2, 0.25) is 0 Å². The standard InChI is InChI=1S/C22H21BrN2O4/c1-14(2)29-20-10-9-15(23)12-18(20)22(27)25-19-8-4-3-7-17(19)21(26)24-13-16-6-5-11-28-16/h3-12,14H,13H2,1-2H3,(H,24,26)(H,25,27). The molecule has 7 heteroatoms. The van der Waals surface area contributed by atoms with Gasteiger partial charge in [-0.25, -0.2) is 0 Å². The van der Waals surface area contributed by atoms with Crippen LogP contribution in [-0.4, -0.2) is 17.9 Å². The molecule has 0 saturated heterocycles. The van der Waals surface area contributed by atoms with E-state index in [4.69, 9.17) is 9.15 Å². The van der Waals surface area contributed by atoms with Crippen molar-refractivity contribution in [2.24, 2.45) is 0 Å². The molecule has 0 fully saturated rings. The van der Waals surface area contributed by atoms with Crippen molar-refractivity contribution in [2.45, 2.75) is 26.5 Å². The summed E-state index contributed by atoms with van der Waals surface area (Å²) in [6, 6.07) is 15.6. The molecule has 3 aromatic rings. The lowest BCUT2D eigenvalue weighted by atomic mass is 10.1. The van der Waals surface area contributed by atoms with Gasteiger partial charge < -0.3 is 19.8 Å². The molecule has 3 rings (SSSR count). The summed E-state index contributed by atoms with van der Waals surface area (Å²) in [6.45, 7) is 4.04. The quantitative estimate of drug-likeness (QED) is 0.523. The number of hydrogen-bond donors (Lipinski definition) is 2. The number of ether oxygens (including phenoxy) is 1. The van der Waals surface area contributed by atoms with E-state index in [1.54, 1.807) is 54.8 Å². The Hall–Kier alpha value is -3.06. The average Bonchev–Trinajstić information content (AvgIpc) is 3.21. The monoisotopic (exact) mass is 456 g/mol. The molecule has 0 radical (unpaired) electrons. The fourth-order valence-electron chi connectivity index (χ4n) is 2.69. The molecule has 0 aliphatic rings. The van der Waals surface area contributed by atoms with Crippen LogP contribution in [0.3, 0.4) is 0 Å². The van der Waals surface area contributed by atoms with Crippen molar-refractivity contribution in [1.82, 2.24) is 5.32 Å². The lowest BCUT2D eigenvalue weighted by Crippen LogP contribution is -2.25. The van der Waals surface area contributed by atoms with Crippen molar-refractivity contribution in [3.8, 4) is 5.75 Å². The number of carbonyl (C=O) groups is 2. The van der Waals surface area contributed by atoms with Gasteiger partial charge in [-0.3, -0.25) is 9.59 Å². The van der Waals surface area contributed by atoms with E-state index in [0.717, 1.165) is 4.47 Å². The third-order valence-electron chi connectivity index (χ3n) is 3.97. The predicted molar refractivity (Wildman–Crippen MR) is 114 cm³/mol. The highest BCUT2D eigenvalue weighted by Crippen LogP contribution is 2.26. The van der Waals surface area contributed by atoms with Crippen LogP contribution in [0.1, 0.15) is 40.3 Å². The van der Waals surface area contributed by atoms with E-state index < -0.39 is 0 Å². The Morgan fingerprint density at radius 3 is 2.55 bits per heavy atom. The van der Waals surface area contributed by atoms with Crippen LogP contribution in [0.25, 0.3) is 0 Å². The Kier molecular flexibility index (Phi) is 6.72. The number of benzene rings is 2. The van der Waals surface area contributed by atoms with Crippen LogP contribution >= 0.6 is 15.9 Å². The van der Waals surface area contributed by atoms with E-state index in [9.17, 15) is 9.59 Å². The van der Waals surface area contributed by atoms with Crippen molar-refractivity contribution in [3.05, 3.63) is 82.2 Å². The molecule has 29 heavy (non-hydrogen) atoms. The van der Waals surface area contributed by atoms with Gasteiger partial charge in [-0.1, -0.05) is 28.1 Å². The fourth-order valence-corrected chi connectivity index (χ4v) is 3.05. The Balaban J connectivity index is 1.79. The summed E-state index contributed by atoms with van der Waals surface area (Å²) >= 11 is 3.38. The highest BCUT2D eigenvalue weighted by molar-refractivity contribution is 9.10. The fraction of sp³-hybridized carbons (Fsp3) is 0.182. The Labute approximate surface area is 177 Å². The van der Waals surface area contributed by atoms with Gasteiger partial charge >= 0.3 is 0 Å². The predicted octanol–water partition coefficient (Wildman–Crippen LogP) is 5.01. The van der Waals surface area contributed by atoms with Crippen molar-refractivity contribution in [1.29, 1.82) is 0 Å². The van der Waals surface area contributed by atoms with Gasteiger partial charge in [0.05, 0.1) is 35.7 Å². The van der Waals surface area contributed by atoms with Gasteiger partial charge in [-0.15, -0.1) is 0 Å². The van der Waals surface area contributed by atoms with E-state index in [1.807, 2.05) is 19.9 Å². The first-order valence-electron chi connectivity index (χ1n) is 9.11. The highest BCUT2D eigenvalue weighted by atomic mass is 79.9. The first-order valence-corrected chi connectivity index (χ1v) is 9.90. The molecule has 0 aliphatic heterocycles. The molecule has 0 atom stereocenters. The summed E-state index contributed by atoms with van der Waals surface area (Å²) in [6.07, 6.45) is 1.46. The SMILES string of the molecule is CC(C)Oc1ccc(Br)cc1C(=O)Nc1ccccc1C(=O)NCc1ccco1. The topological polar surface area (TPSA) is 80.6 Å². The minimum Gasteiger partial charge on any atom is -0.490 e. The second-order valence-electron chi connectivity index (χ2n) is 6.57. The minimum absolute atomic E-state index is 0.0811. The number of halogens is 1. The van der Waals surface area contributed by atoms with Gasteiger partial charge in [0.15, 0.2) is 0 Å². The molecule has 2 aromatic carbocycles. The maximum Gasteiger partial charge on any atom is 0.259 e. The van der Waals surface area contributed by atoms with Crippen LogP contribution in [0.15, 0.2) is 69.8 Å². The van der Waals surface area contributed by atoms with Gasteiger partial charge in [-0.2, -0.15) is 0 Å². The van der Waals surface area contributed by atoms with Gasteiger partial charge in [0.25, 0.3) is 11.8 Å². The number of hydrogen-bond acceptors (Lipinski definition) is 4. The number of anilines is 1. The molecule has 0 aliphatic carbocycles. The Bertz CT molecular complexity index is 1000. The van der Waals surface area contributed by atoms with Crippen molar-refractivity contribution < 1.29 is 18.7 Å². The summed E-state index contributed by atoms with van der Waals surface area (Å²) in [5, 5.41) is 5.60. The Morgan fingerprint density at radius 1 is 1.03 bits per heavy atom. The second kappa shape index (κ2) is 9.43. The molecule has 2 amide bonds. The maximum atomic E-state index is 12.9. The number of furan rings is 1. The number of amides is 2. The average molecular weight is 457 g/mol. The summed E-state index contributed by atoms with van der Waals surface area (Å²) in [5.74, 6) is 0.434. The van der Waals surface area contributed by atoms with Gasteiger partial charge in [-0.05, 0) is 56.3 Å². The molecular formula is C22H21BrN2O4. The number of nitrogens with one attached hydrogen (secondary N) is 2. The maximum absolute atomic E-state index is 12.9. The van der Waals surface area contributed by atoms with Gasteiger partial charge in [0, 0.05) is 4.47 Å². The van der Waals surface area contributed by atoms with Crippen LogP contribution in [0.4, 0.5) is 5.69 Å². The molecule has 2 N–H and O–H groups in total. The van der Waals surface area contributed by atoms with Crippen molar-refractivity contribution in [3.63, 3.8) is 0 Å². The first kappa shape index (κ1) is 20.7. The van der Waals surface area contributed by atoms with Crippen LogP contribution < -0.4 is 15.4 Å². The number of carbonyl (C=O) groups excluding carboxylic acids is 2. The van der Waals surface area contributed by atoms with E-state index in [-0.39, 0.29) is 24.5 Å². The lowest BCUT2D eigenvalue weighted by Gasteiger charge is -2.16. The van der Waals surface area contributed by atoms with E-state index in [0.29, 0.717) is 28.3 Å². The lowest BCUT2D eigenvalue weighted by molar-refractivity contribution is 0.0949. The van der Waals surface area contributed by atoms with Crippen LogP contribution in [0, 0.1) is 0 Å².